The summed E-state index contributed by atoms with van der Waals surface area (Å²) in [5, 5.41) is 10.8. The third-order valence-corrected chi connectivity index (χ3v) is 7.04. The number of rotatable bonds is 6. The molecule has 0 saturated carbocycles. The Hall–Kier alpha value is -0.740. The molecule has 2 N–H and O–H groups in total. The zero-order valence-electron chi connectivity index (χ0n) is 10.00. The van der Waals surface area contributed by atoms with Gasteiger partial charge in [0.2, 0.25) is 10.0 Å². The van der Waals surface area contributed by atoms with Crippen LogP contribution in [-0.4, -0.2) is 26.0 Å². The first-order chi connectivity index (χ1) is 9.40. The molecule has 0 atom stereocenters. The van der Waals surface area contributed by atoms with Crippen LogP contribution in [0.4, 0.5) is 0 Å². The normalized spacial score (nSPS) is 11.7. The van der Waals surface area contributed by atoms with Crippen LogP contribution < -0.4 is 4.72 Å². The van der Waals surface area contributed by atoms with Crippen molar-refractivity contribution in [2.75, 3.05) is 6.54 Å². The third-order valence-electron chi connectivity index (χ3n) is 2.40. The Morgan fingerprint density at radius 2 is 2.20 bits per heavy atom. The maximum Gasteiger partial charge on any atom is 0.345 e. The summed E-state index contributed by atoms with van der Waals surface area (Å²) in [6, 6.07) is 5.00. The summed E-state index contributed by atoms with van der Waals surface area (Å²) in [7, 11) is -3.70. The number of thiophene rings is 2. The zero-order chi connectivity index (χ0) is 14.8. The number of carbonyl (C=O) groups is 1. The van der Waals surface area contributed by atoms with Gasteiger partial charge in [-0.1, -0.05) is 6.07 Å². The van der Waals surface area contributed by atoms with Crippen LogP contribution in [0.1, 0.15) is 14.5 Å². The second kappa shape index (κ2) is 6.35. The van der Waals surface area contributed by atoms with Gasteiger partial charge in [-0.05, 0) is 39.9 Å². The topological polar surface area (TPSA) is 83.5 Å². The highest BCUT2D eigenvalue weighted by Crippen LogP contribution is 2.31. The van der Waals surface area contributed by atoms with E-state index in [0.29, 0.717) is 10.2 Å². The first-order valence-electron chi connectivity index (χ1n) is 5.45. The Morgan fingerprint density at radius 1 is 1.45 bits per heavy atom. The van der Waals surface area contributed by atoms with E-state index < -0.39 is 16.0 Å². The molecule has 2 aromatic rings. The fraction of sp³-hybridized carbons (Fsp3) is 0.182. The molecule has 0 bridgehead atoms. The van der Waals surface area contributed by atoms with Gasteiger partial charge < -0.3 is 5.11 Å². The lowest BCUT2D eigenvalue weighted by Crippen LogP contribution is -2.25. The van der Waals surface area contributed by atoms with Crippen LogP contribution in [0.3, 0.4) is 0 Å². The van der Waals surface area contributed by atoms with Crippen LogP contribution in [0, 0.1) is 0 Å². The molecule has 0 saturated heterocycles. The third kappa shape index (κ3) is 3.67. The molecule has 0 aliphatic heterocycles. The van der Waals surface area contributed by atoms with Crippen LogP contribution in [-0.2, 0) is 16.4 Å². The summed E-state index contributed by atoms with van der Waals surface area (Å²) >= 11 is 5.53. The van der Waals surface area contributed by atoms with E-state index in [4.69, 9.17) is 5.11 Å². The molecule has 108 valence electrons. The van der Waals surface area contributed by atoms with Gasteiger partial charge in [0.25, 0.3) is 0 Å². The Balaban J connectivity index is 2.08. The molecule has 0 unspecified atom stereocenters. The van der Waals surface area contributed by atoms with Gasteiger partial charge in [0, 0.05) is 11.4 Å². The van der Waals surface area contributed by atoms with Gasteiger partial charge in [0.05, 0.1) is 3.79 Å². The van der Waals surface area contributed by atoms with Crippen molar-refractivity contribution in [3.63, 3.8) is 0 Å². The molecule has 0 aromatic carbocycles. The number of nitrogens with one attached hydrogen (secondary N) is 1. The second-order valence-electron chi connectivity index (χ2n) is 3.78. The molecule has 2 aromatic heterocycles. The summed E-state index contributed by atoms with van der Waals surface area (Å²) in [5.41, 5.74) is 0. The van der Waals surface area contributed by atoms with E-state index in [-0.39, 0.29) is 16.3 Å². The highest BCUT2D eigenvalue weighted by Gasteiger charge is 2.22. The van der Waals surface area contributed by atoms with Crippen molar-refractivity contribution >= 4 is 54.6 Å². The Labute approximate surface area is 132 Å². The lowest BCUT2D eigenvalue weighted by molar-refractivity contribution is 0.0702. The number of sulfonamides is 1. The molecule has 0 radical (unpaired) electrons. The number of carboxylic acids is 1. The SMILES string of the molecule is O=C(O)c1cc(S(=O)(=O)NCCc2cccs2)c(Br)s1. The standard InChI is InChI=1S/C11H10BrNO4S3/c12-10-9(6-8(19-10)11(14)15)20(16,17)13-4-3-7-2-1-5-18-7/h1-2,5-6,13H,3-4H2,(H,14,15). The van der Waals surface area contributed by atoms with Crippen molar-refractivity contribution in [1.82, 2.24) is 4.72 Å². The first-order valence-corrected chi connectivity index (χ1v) is 9.42. The summed E-state index contributed by atoms with van der Waals surface area (Å²) < 4.78 is 26.9. The number of halogens is 1. The van der Waals surface area contributed by atoms with Crippen molar-refractivity contribution in [2.45, 2.75) is 11.3 Å². The predicted octanol–water partition coefficient (Wildman–Crippen LogP) is 2.79. The predicted molar refractivity (Wildman–Crippen MR) is 82.2 cm³/mol. The molecular formula is C11H10BrNO4S3. The van der Waals surface area contributed by atoms with Crippen LogP contribution in [0.25, 0.3) is 0 Å². The summed E-state index contributed by atoms with van der Waals surface area (Å²) in [6.45, 7) is 0.271. The molecular weight excluding hydrogens is 386 g/mol. The highest BCUT2D eigenvalue weighted by molar-refractivity contribution is 9.11. The van der Waals surface area contributed by atoms with E-state index in [1.54, 1.807) is 11.3 Å². The Morgan fingerprint density at radius 3 is 2.75 bits per heavy atom. The number of hydrogen-bond donors (Lipinski definition) is 2. The summed E-state index contributed by atoms with van der Waals surface area (Å²) in [5.74, 6) is -1.14. The fourth-order valence-corrected chi connectivity index (χ4v) is 5.62. The average Bonchev–Trinajstić information content (AvgIpc) is 2.98. The fourth-order valence-electron chi connectivity index (χ4n) is 1.48. The molecule has 0 amide bonds. The molecule has 9 heteroatoms. The lowest BCUT2D eigenvalue weighted by atomic mass is 10.3. The zero-order valence-corrected chi connectivity index (χ0v) is 14.0. The van der Waals surface area contributed by atoms with Crippen LogP contribution in [0.5, 0.6) is 0 Å². The largest absolute Gasteiger partial charge is 0.477 e. The van der Waals surface area contributed by atoms with Crippen LogP contribution in [0.2, 0.25) is 0 Å². The Kier molecular flexibility index (Phi) is 4.97. The van der Waals surface area contributed by atoms with Crippen molar-refractivity contribution < 1.29 is 18.3 Å². The minimum absolute atomic E-state index is 0.0180. The summed E-state index contributed by atoms with van der Waals surface area (Å²) in [6.07, 6.45) is 0.602. The van der Waals surface area contributed by atoms with Gasteiger partial charge in [-0.3, -0.25) is 0 Å². The van der Waals surface area contributed by atoms with E-state index >= 15 is 0 Å². The van der Waals surface area contributed by atoms with E-state index in [0.717, 1.165) is 22.3 Å². The van der Waals surface area contributed by atoms with Crippen molar-refractivity contribution in [2.24, 2.45) is 0 Å². The molecule has 0 aliphatic rings. The first kappa shape index (κ1) is 15.6. The van der Waals surface area contributed by atoms with Gasteiger partial charge in [-0.25, -0.2) is 17.9 Å². The monoisotopic (exact) mass is 395 g/mol. The van der Waals surface area contributed by atoms with Gasteiger partial charge >= 0.3 is 5.97 Å². The molecule has 5 nitrogen and oxygen atoms in total. The highest BCUT2D eigenvalue weighted by atomic mass is 79.9. The molecule has 0 aliphatic carbocycles. The molecule has 0 spiro atoms. The number of carboxylic acid groups (broad SMARTS) is 1. The van der Waals surface area contributed by atoms with E-state index in [9.17, 15) is 13.2 Å². The minimum Gasteiger partial charge on any atom is -0.477 e. The van der Waals surface area contributed by atoms with Crippen molar-refractivity contribution in [3.8, 4) is 0 Å². The van der Waals surface area contributed by atoms with Gasteiger partial charge in [-0.15, -0.1) is 22.7 Å². The number of hydrogen-bond acceptors (Lipinski definition) is 5. The van der Waals surface area contributed by atoms with Gasteiger partial charge in [0.1, 0.15) is 9.77 Å². The Bertz CT molecular complexity index is 706. The van der Waals surface area contributed by atoms with Gasteiger partial charge in [0.15, 0.2) is 0 Å². The maximum atomic E-state index is 12.1. The van der Waals surface area contributed by atoms with Crippen LogP contribution >= 0.6 is 38.6 Å². The van der Waals surface area contributed by atoms with Crippen molar-refractivity contribution in [3.05, 3.63) is 37.1 Å². The number of aromatic carboxylic acids is 1. The molecule has 2 rings (SSSR count). The average molecular weight is 396 g/mol. The maximum absolute atomic E-state index is 12.1. The summed E-state index contributed by atoms with van der Waals surface area (Å²) in [4.78, 5) is 11.9. The molecule has 20 heavy (non-hydrogen) atoms. The lowest BCUT2D eigenvalue weighted by Gasteiger charge is -2.04. The molecule has 2 heterocycles. The smallest absolute Gasteiger partial charge is 0.345 e. The van der Waals surface area contributed by atoms with Crippen LogP contribution in [0.15, 0.2) is 32.3 Å². The quantitative estimate of drug-likeness (QED) is 0.787. The van der Waals surface area contributed by atoms with E-state index in [2.05, 4.69) is 20.7 Å². The van der Waals surface area contributed by atoms with Crippen molar-refractivity contribution in [1.29, 1.82) is 0 Å². The second-order valence-corrected chi connectivity index (χ2v) is 8.92. The van der Waals surface area contributed by atoms with Gasteiger partial charge in [-0.2, -0.15) is 0 Å². The van der Waals surface area contributed by atoms with E-state index in [1.165, 1.54) is 0 Å². The minimum atomic E-state index is -3.70. The molecule has 0 fully saturated rings. The van der Waals surface area contributed by atoms with E-state index in [1.807, 2.05) is 17.5 Å².